The fourth-order valence-electron chi connectivity index (χ4n) is 1.63. The van der Waals surface area contributed by atoms with Crippen LogP contribution < -0.4 is 10.1 Å². The van der Waals surface area contributed by atoms with Crippen molar-refractivity contribution in [2.75, 3.05) is 12.4 Å². The van der Waals surface area contributed by atoms with E-state index in [1.807, 2.05) is 0 Å². The van der Waals surface area contributed by atoms with Crippen LogP contribution >= 0.6 is 27.5 Å². The van der Waals surface area contributed by atoms with E-state index in [0.717, 1.165) is 0 Å². The van der Waals surface area contributed by atoms with Crippen molar-refractivity contribution in [3.63, 3.8) is 0 Å². The van der Waals surface area contributed by atoms with Gasteiger partial charge in [-0.15, -0.1) is 0 Å². The van der Waals surface area contributed by atoms with Gasteiger partial charge in [0.2, 0.25) is 0 Å². The normalized spacial score (nSPS) is 10.2. The molecule has 2 aromatic rings. The van der Waals surface area contributed by atoms with Gasteiger partial charge in [0, 0.05) is 10.5 Å². The second kappa shape index (κ2) is 6.24. The second-order valence-corrected chi connectivity index (χ2v) is 5.16. The molecule has 0 saturated carbocycles. The number of halogens is 3. The quantitative estimate of drug-likeness (QED) is 0.877. The van der Waals surface area contributed by atoms with E-state index in [2.05, 4.69) is 21.2 Å². The van der Waals surface area contributed by atoms with Crippen molar-refractivity contribution in [3.05, 3.63) is 57.3 Å². The largest absolute Gasteiger partial charge is 0.497 e. The summed E-state index contributed by atoms with van der Waals surface area (Å²) < 4.78 is 19.4. The van der Waals surface area contributed by atoms with E-state index in [1.54, 1.807) is 18.2 Å². The molecule has 2 aromatic carbocycles. The topological polar surface area (TPSA) is 38.3 Å². The van der Waals surface area contributed by atoms with Gasteiger partial charge in [-0.25, -0.2) is 4.39 Å². The maximum Gasteiger partial charge on any atom is 0.260 e. The SMILES string of the molecule is COc1ccc(Br)c(NC(=O)c2c(F)cccc2Cl)c1. The number of benzene rings is 2. The molecule has 1 amide bonds. The molecule has 104 valence electrons. The molecule has 0 radical (unpaired) electrons. The zero-order chi connectivity index (χ0) is 14.7. The molecule has 0 heterocycles. The van der Waals surface area contributed by atoms with Gasteiger partial charge in [-0.05, 0) is 40.2 Å². The summed E-state index contributed by atoms with van der Waals surface area (Å²) in [5.74, 6) is -0.723. The van der Waals surface area contributed by atoms with Crippen LogP contribution in [0.25, 0.3) is 0 Å². The summed E-state index contributed by atoms with van der Waals surface area (Å²) >= 11 is 9.15. The molecule has 0 bridgehead atoms. The predicted molar refractivity (Wildman–Crippen MR) is 80.1 cm³/mol. The minimum Gasteiger partial charge on any atom is -0.497 e. The van der Waals surface area contributed by atoms with Gasteiger partial charge >= 0.3 is 0 Å². The molecule has 0 saturated heterocycles. The Bertz CT molecular complexity index is 643. The molecule has 0 unspecified atom stereocenters. The molecular weight excluding hydrogens is 349 g/mol. The number of hydrogen-bond donors (Lipinski definition) is 1. The van der Waals surface area contributed by atoms with Crippen LogP contribution in [0.15, 0.2) is 40.9 Å². The molecule has 0 atom stereocenters. The number of ether oxygens (including phenoxy) is 1. The van der Waals surface area contributed by atoms with Crippen LogP contribution in [0.3, 0.4) is 0 Å². The van der Waals surface area contributed by atoms with Gasteiger partial charge in [0.25, 0.3) is 5.91 Å². The highest BCUT2D eigenvalue weighted by molar-refractivity contribution is 9.10. The summed E-state index contributed by atoms with van der Waals surface area (Å²) in [7, 11) is 1.52. The number of hydrogen-bond acceptors (Lipinski definition) is 2. The Morgan fingerprint density at radius 2 is 2.10 bits per heavy atom. The molecule has 0 aliphatic heterocycles. The van der Waals surface area contributed by atoms with E-state index in [1.165, 1.54) is 25.3 Å². The smallest absolute Gasteiger partial charge is 0.260 e. The van der Waals surface area contributed by atoms with E-state index in [4.69, 9.17) is 16.3 Å². The second-order valence-electron chi connectivity index (χ2n) is 3.90. The summed E-state index contributed by atoms with van der Waals surface area (Å²) in [5.41, 5.74) is 0.276. The summed E-state index contributed by atoms with van der Waals surface area (Å²) in [6, 6.07) is 9.15. The number of carbonyl (C=O) groups excluding carboxylic acids is 1. The standard InChI is InChI=1S/C14H10BrClFNO2/c1-20-8-5-6-9(15)12(7-8)18-14(19)13-10(16)3-2-4-11(13)17/h2-7H,1H3,(H,18,19). The Kier molecular flexibility index (Phi) is 4.62. The third-order valence-electron chi connectivity index (χ3n) is 2.61. The molecule has 0 aliphatic rings. The van der Waals surface area contributed by atoms with E-state index < -0.39 is 11.7 Å². The Morgan fingerprint density at radius 1 is 1.35 bits per heavy atom. The lowest BCUT2D eigenvalue weighted by Crippen LogP contribution is -2.14. The first kappa shape index (κ1) is 14.8. The maximum absolute atomic E-state index is 13.7. The fourth-order valence-corrected chi connectivity index (χ4v) is 2.22. The molecular formula is C14H10BrClFNO2. The van der Waals surface area contributed by atoms with Gasteiger partial charge in [-0.1, -0.05) is 17.7 Å². The zero-order valence-corrected chi connectivity index (χ0v) is 12.8. The van der Waals surface area contributed by atoms with Crippen molar-refractivity contribution in [1.29, 1.82) is 0 Å². The van der Waals surface area contributed by atoms with Crippen molar-refractivity contribution >= 4 is 39.1 Å². The molecule has 6 heteroatoms. The number of amides is 1. The van der Waals surface area contributed by atoms with Gasteiger partial charge in [0.1, 0.15) is 11.6 Å². The fraction of sp³-hybridized carbons (Fsp3) is 0.0714. The van der Waals surface area contributed by atoms with Gasteiger partial charge in [-0.2, -0.15) is 0 Å². The number of methoxy groups -OCH3 is 1. The van der Waals surface area contributed by atoms with Crippen LogP contribution in [0.4, 0.5) is 10.1 Å². The van der Waals surface area contributed by atoms with Gasteiger partial charge in [0.15, 0.2) is 0 Å². The van der Waals surface area contributed by atoms with Crippen LogP contribution in [0.2, 0.25) is 5.02 Å². The van der Waals surface area contributed by atoms with Crippen LogP contribution in [-0.2, 0) is 0 Å². The summed E-state index contributed by atoms with van der Waals surface area (Å²) in [4.78, 5) is 12.1. The molecule has 20 heavy (non-hydrogen) atoms. The third kappa shape index (κ3) is 3.11. The van der Waals surface area contributed by atoms with E-state index >= 15 is 0 Å². The van der Waals surface area contributed by atoms with Crippen LogP contribution in [-0.4, -0.2) is 13.0 Å². The van der Waals surface area contributed by atoms with E-state index in [0.29, 0.717) is 15.9 Å². The zero-order valence-electron chi connectivity index (χ0n) is 10.4. The maximum atomic E-state index is 13.7. The molecule has 0 fully saturated rings. The Balaban J connectivity index is 2.33. The highest BCUT2D eigenvalue weighted by atomic mass is 79.9. The van der Waals surface area contributed by atoms with E-state index in [-0.39, 0.29) is 10.6 Å². The summed E-state index contributed by atoms with van der Waals surface area (Å²) in [6.45, 7) is 0. The van der Waals surface area contributed by atoms with Crippen LogP contribution in [0.5, 0.6) is 5.75 Å². The van der Waals surface area contributed by atoms with Crippen LogP contribution in [0, 0.1) is 5.82 Å². The minimum absolute atomic E-state index is 0.0570. The first-order valence-corrected chi connectivity index (χ1v) is 6.79. The van der Waals surface area contributed by atoms with Crippen molar-refractivity contribution in [2.24, 2.45) is 0 Å². The first-order valence-electron chi connectivity index (χ1n) is 5.62. The van der Waals surface area contributed by atoms with E-state index in [9.17, 15) is 9.18 Å². The predicted octanol–water partition coefficient (Wildman–Crippen LogP) is 4.50. The number of rotatable bonds is 3. The number of anilines is 1. The van der Waals surface area contributed by atoms with Gasteiger partial charge < -0.3 is 10.1 Å². The molecule has 2 rings (SSSR count). The minimum atomic E-state index is -0.672. The molecule has 3 nitrogen and oxygen atoms in total. The highest BCUT2D eigenvalue weighted by Crippen LogP contribution is 2.28. The van der Waals surface area contributed by atoms with Crippen molar-refractivity contribution in [2.45, 2.75) is 0 Å². The first-order chi connectivity index (χ1) is 9.52. The molecule has 1 N–H and O–H groups in total. The highest BCUT2D eigenvalue weighted by Gasteiger charge is 2.17. The lowest BCUT2D eigenvalue weighted by Gasteiger charge is -2.10. The number of nitrogens with one attached hydrogen (secondary N) is 1. The molecule has 0 spiro atoms. The van der Waals surface area contributed by atoms with Crippen LogP contribution in [0.1, 0.15) is 10.4 Å². The summed E-state index contributed by atoms with van der Waals surface area (Å²) in [6.07, 6.45) is 0. The number of carbonyl (C=O) groups is 1. The third-order valence-corrected chi connectivity index (χ3v) is 3.62. The average molecular weight is 359 g/mol. The van der Waals surface area contributed by atoms with Gasteiger partial charge in [0.05, 0.1) is 23.4 Å². The van der Waals surface area contributed by atoms with Crippen molar-refractivity contribution in [3.8, 4) is 5.75 Å². The van der Waals surface area contributed by atoms with Crippen molar-refractivity contribution in [1.82, 2.24) is 0 Å². The molecule has 0 aliphatic carbocycles. The average Bonchev–Trinajstić information content (AvgIpc) is 2.41. The van der Waals surface area contributed by atoms with Crippen molar-refractivity contribution < 1.29 is 13.9 Å². The Morgan fingerprint density at radius 3 is 2.75 bits per heavy atom. The Labute approximate surface area is 128 Å². The lowest BCUT2D eigenvalue weighted by molar-refractivity contribution is 0.102. The molecule has 0 aromatic heterocycles. The monoisotopic (exact) mass is 357 g/mol. The Hall–Kier alpha value is -1.59. The lowest BCUT2D eigenvalue weighted by atomic mass is 10.2. The summed E-state index contributed by atoms with van der Waals surface area (Å²) in [5, 5.41) is 2.65. The van der Waals surface area contributed by atoms with Gasteiger partial charge in [-0.3, -0.25) is 4.79 Å².